The van der Waals surface area contributed by atoms with Gasteiger partial charge in [0.1, 0.15) is 6.04 Å². The third kappa shape index (κ3) is 6.72. The molecule has 7 nitrogen and oxygen atoms in total. The van der Waals surface area contributed by atoms with E-state index in [1.54, 1.807) is 42.5 Å². The van der Waals surface area contributed by atoms with E-state index in [1.807, 2.05) is 0 Å². The molecule has 0 bridgehead atoms. The SMILES string of the molecule is COC(=O)[C@H](Cc1ccc(NC(=O)c2c(Cl)cccc2Cl)cc1)NC(=O)C1CCC(CCN)C1. The van der Waals surface area contributed by atoms with Crippen molar-refractivity contribution < 1.29 is 19.1 Å². The van der Waals surface area contributed by atoms with Crippen LogP contribution in [0.3, 0.4) is 0 Å². The number of rotatable bonds is 9. The fraction of sp³-hybridized carbons (Fsp3) is 0.400. The van der Waals surface area contributed by atoms with Gasteiger partial charge in [0.15, 0.2) is 0 Å². The number of carbonyl (C=O) groups is 3. The van der Waals surface area contributed by atoms with Gasteiger partial charge in [0, 0.05) is 18.0 Å². The second-order valence-corrected chi connectivity index (χ2v) is 9.30. The van der Waals surface area contributed by atoms with Gasteiger partial charge in [-0.15, -0.1) is 0 Å². The van der Waals surface area contributed by atoms with Crippen LogP contribution in [0, 0.1) is 11.8 Å². The zero-order chi connectivity index (χ0) is 24.7. The molecule has 0 aromatic heterocycles. The predicted octanol–water partition coefficient (Wildman–Crippen LogP) is 4.21. The molecule has 0 aliphatic heterocycles. The largest absolute Gasteiger partial charge is 0.467 e. The van der Waals surface area contributed by atoms with E-state index in [1.165, 1.54) is 7.11 Å². The van der Waals surface area contributed by atoms with Crippen LogP contribution in [-0.2, 0) is 20.7 Å². The van der Waals surface area contributed by atoms with Gasteiger partial charge in [-0.1, -0.05) is 41.4 Å². The highest BCUT2D eigenvalue weighted by atomic mass is 35.5. The Hall–Kier alpha value is -2.61. The Labute approximate surface area is 209 Å². The Morgan fingerprint density at radius 2 is 1.76 bits per heavy atom. The van der Waals surface area contributed by atoms with Crippen LogP contribution in [0.1, 0.15) is 41.6 Å². The fourth-order valence-corrected chi connectivity index (χ4v) is 4.87. The van der Waals surface area contributed by atoms with Crippen molar-refractivity contribution in [2.24, 2.45) is 17.6 Å². The number of carbonyl (C=O) groups excluding carboxylic acids is 3. The first-order valence-corrected chi connectivity index (χ1v) is 12.0. The molecule has 34 heavy (non-hydrogen) atoms. The minimum Gasteiger partial charge on any atom is -0.467 e. The molecule has 1 fully saturated rings. The van der Waals surface area contributed by atoms with Crippen LogP contribution in [0.2, 0.25) is 10.0 Å². The lowest BCUT2D eigenvalue weighted by molar-refractivity contribution is -0.145. The van der Waals surface area contributed by atoms with Crippen molar-refractivity contribution in [3.63, 3.8) is 0 Å². The highest BCUT2D eigenvalue weighted by molar-refractivity contribution is 6.40. The second kappa shape index (κ2) is 12.2. The molecule has 0 saturated heterocycles. The number of halogens is 2. The number of nitrogens with one attached hydrogen (secondary N) is 2. The number of benzene rings is 2. The second-order valence-electron chi connectivity index (χ2n) is 8.49. The van der Waals surface area contributed by atoms with E-state index in [4.69, 9.17) is 33.7 Å². The number of hydrogen-bond acceptors (Lipinski definition) is 5. The monoisotopic (exact) mass is 505 g/mol. The van der Waals surface area contributed by atoms with Gasteiger partial charge in [-0.25, -0.2) is 4.79 Å². The number of nitrogens with two attached hydrogens (primary N) is 1. The molecule has 0 heterocycles. The predicted molar refractivity (Wildman–Crippen MR) is 133 cm³/mol. The molecular weight excluding hydrogens is 477 g/mol. The molecule has 2 aromatic rings. The molecule has 1 saturated carbocycles. The molecule has 4 N–H and O–H groups in total. The summed E-state index contributed by atoms with van der Waals surface area (Å²) in [6.45, 7) is 0.617. The molecule has 3 rings (SSSR count). The zero-order valence-corrected chi connectivity index (χ0v) is 20.5. The summed E-state index contributed by atoms with van der Waals surface area (Å²) >= 11 is 12.2. The lowest BCUT2D eigenvalue weighted by atomic mass is 10.00. The summed E-state index contributed by atoms with van der Waals surface area (Å²) in [7, 11) is 1.30. The third-order valence-corrected chi connectivity index (χ3v) is 6.76. The number of esters is 1. The van der Waals surface area contributed by atoms with Crippen molar-refractivity contribution in [2.75, 3.05) is 19.0 Å². The summed E-state index contributed by atoms with van der Waals surface area (Å²) in [4.78, 5) is 37.7. The quantitative estimate of drug-likeness (QED) is 0.442. The highest BCUT2D eigenvalue weighted by Gasteiger charge is 2.32. The van der Waals surface area contributed by atoms with Crippen molar-refractivity contribution in [3.05, 3.63) is 63.6 Å². The first kappa shape index (κ1) is 26.0. The summed E-state index contributed by atoms with van der Waals surface area (Å²) in [5.74, 6) is -0.711. The van der Waals surface area contributed by atoms with Crippen LogP contribution in [-0.4, -0.2) is 37.5 Å². The van der Waals surface area contributed by atoms with Gasteiger partial charge < -0.3 is 21.1 Å². The summed E-state index contributed by atoms with van der Waals surface area (Å²) in [6.07, 6.45) is 3.75. The molecular formula is C25H29Cl2N3O4. The number of hydrogen-bond donors (Lipinski definition) is 3. The van der Waals surface area contributed by atoms with Gasteiger partial charge in [-0.3, -0.25) is 9.59 Å². The average molecular weight is 506 g/mol. The standard InChI is InChI=1S/C25H29Cl2N3O4/c1-34-25(33)21(30-23(31)17-8-5-16(13-17)11-12-28)14-15-6-9-18(10-7-15)29-24(32)22-19(26)3-2-4-20(22)27/h2-4,6-7,9-10,16-17,21H,5,8,11-14,28H2,1H3,(H,29,32)(H,30,31)/t16?,17?,21-/m0/s1. The Kier molecular flexibility index (Phi) is 9.33. The number of methoxy groups -OCH3 is 1. The Bertz CT molecular complexity index is 1010. The van der Waals surface area contributed by atoms with Crippen molar-refractivity contribution >= 4 is 46.7 Å². The van der Waals surface area contributed by atoms with Crippen LogP contribution in [0.15, 0.2) is 42.5 Å². The van der Waals surface area contributed by atoms with Crippen LogP contribution in [0.25, 0.3) is 0 Å². The van der Waals surface area contributed by atoms with Crippen LogP contribution in [0.4, 0.5) is 5.69 Å². The third-order valence-electron chi connectivity index (χ3n) is 6.13. The summed E-state index contributed by atoms with van der Waals surface area (Å²) in [6, 6.07) is 11.0. The molecule has 0 spiro atoms. The average Bonchev–Trinajstić information content (AvgIpc) is 3.28. The summed E-state index contributed by atoms with van der Waals surface area (Å²) in [5.41, 5.74) is 7.18. The minimum atomic E-state index is -0.798. The van der Waals surface area contributed by atoms with Gasteiger partial charge in [0.05, 0.1) is 22.7 Å². The van der Waals surface area contributed by atoms with Gasteiger partial charge in [-0.2, -0.15) is 0 Å². The molecule has 0 radical (unpaired) electrons. The van der Waals surface area contributed by atoms with E-state index < -0.39 is 17.9 Å². The van der Waals surface area contributed by atoms with Gasteiger partial charge in [0.2, 0.25) is 5.91 Å². The molecule has 182 valence electrons. The molecule has 3 atom stereocenters. The van der Waals surface area contributed by atoms with E-state index in [0.29, 0.717) is 18.2 Å². The molecule has 9 heteroatoms. The fourth-order valence-electron chi connectivity index (χ4n) is 4.30. The summed E-state index contributed by atoms with van der Waals surface area (Å²) < 4.78 is 4.90. The maximum atomic E-state index is 12.8. The van der Waals surface area contributed by atoms with E-state index in [-0.39, 0.29) is 33.9 Å². The number of ether oxygens (including phenoxy) is 1. The topological polar surface area (TPSA) is 111 Å². The zero-order valence-electron chi connectivity index (χ0n) is 19.0. The van der Waals surface area contributed by atoms with E-state index in [0.717, 1.165) is 31.2 Å². The van der Waals surface area contributed by atoms with E-state index in [9.17, 15) is 14.4 Å². The number of amides is 2. The molecule has 1 aliphatic rings. The van der Waals surface area contributed by atoms with Crippen LogP contribution < -0.4 is 16.4 Å². The molecule has 2 amide bonds. The normalized spacial score (nSPS) is 18.2. The van der Waals surface area contributed by atoms with Crippen molar-refractivity contribution in [1.29, 1.82) is 0 Å². The Morgan fingerprint density at radius 1 is 1.09 bits per heavy atom. The molecule has 2 aromatic carbocycles. The van der Waals surface area contributed by atoms with Crippen molar-refractivity contribution in [1.82, 2.24) is 5.32 Å². The maximum absolute atomic E-state index is 12.8. The smallest absolute Gasteiger partial charge is 0.328 e. The Morgan fingerprint density at radius 3 is 2.38 bits per heavy atom. The Balaban J connectivity index is 1.62. The van der Waals surface area contributed by atoms with Gasteiger partial charge in [-0.05, 0) is 68.0 Å². The first-order chi connectivity index (χ1) is 16.3. The highest BCUT2D eigenvalue weighted by Crippen LogP contribution is 2.33. The van der Waals surface area contributed by atoms with Crippen LogP contribution >= 0.6 is 23.2 Å². The number of anilines is 1. The summed E-state index contributed by atoms with van der Waals surface area (Å²) in [5, 5.41) is 6.14. The molecule has 2 unspecified atom stereocenters. The van der Waals surface area contributed by atoms with Crippen molar-refractivity contribution in [2.45, 2.75) is 38.1 Å². The van der Waals surface area contributed by atoms with E-state index >= 15 is 0 Å². The van der Waals surface area contributed by atoms with Gasteiger partial charge in [0.25, 0.3) is 5.91 Å². The van der Waals surface area contributed by atoms with Crippen molar-refractivity contribution in [3.8, 4) is 0 Å². The lowest BCUT2D eigenvalue weighted by Gasteiger charge is -2.19. The maximum Gasteiger partial charge on any atom is 0.328 e. The first-order valence-electron chi connectivity index (χ1n) is 11.2. The lowest BCUT2D eigenvalue weighted by Crippen LogP contribution is -2.45. The van der Waals surface area contributed by atoms with Gasteiger partial charge >= 0.3 is 5.97 Å². The minimum absolute atomic E-state index is 0.113. The molecule has 1 aliphatic carbocycles. The van der Waals surface area contributed by atoms with Crippen LogP contribution in [0.5, 0.6) is 0 Å². The van der Waals surface area contributed by atoms with E-state index in [2.05, 4.69) is 10.6 Å².